The number of hydrogen-bond donors (Lipinski definition) is 1. The summed E-state index contributed by atoms with van der Waals surface area (Å²) in [6.07, 6.45) is 0. The second kappa shape index (κ2) is 7.24. The fourth-order valence-corrected chi connectivity index (χ4v) is 3.39. The van der Waals surface area contributed by atoms with E-state index < -0.39 is 5.92 Å². The van der Waals surface area contributed by atoms with Gasteiger partial charge in [0, 0.05) is 5.56 Å². The molecule has 0 aliphatic rings. The molecule has 25 heavy (non-hydrogen) atoms. The molecule has 0 spiro atoms. The van der Waals surface area contributed by atoms with E-state index in [1.54, 1.807) is 12.1 Å². The van der Waals surface area contributed by atoms with Gasteiger partial charge in [0.1, 0.15) is 5.01 Å². The molecule has 3 rings (SSSR count). The summed E-state index contributed by atoms with van der Waals surface area (Å²) in [7, 11) is 0. The van der Waals surface area contributed by atoms with Crippen LogP contribution in [0.4, 0.5) is 0 Å². The van der Waals surface area contributed by atoms with Gasteiger partial charge in [-0.25, -0.2) is 4.98 Å². The lowest BCUT2D eigenvalue weighted by molar-refractivity contribution is -0.118. The van der Waals surface area contributed by atoms with Gasteiger partial charge in [-0.3, -0.25) is 9.59 Å². The Morgan fingerprint density at radius 3 is 2.60 bits per heavy atom. The summed E-state index contributed by atoms with van der Waals surface area (Å²) >= 11 is 1.32. The van der Waals surface area contributed by atoms with Crippen molar-refractivity contribution in [3.05, 3.63) is 64.7 Å². The van der Waals surface area contributed by atoms with Crippen molar-refractivity contribution in [2.45, 2.75) is 12.8 Å². The average Bonchev–Trinajstić information content (AvgIpc) is 3.04. The van der Waals surface area contributed by atoms with Gasteiger partial charge in [-0.2, -0.15) is 5.26 Å². The summed E-state index contributed by atoms with van der Waals surface area (Å²) in [5.74, 6) is -1.69. The highest BCUT2D eigenvalue weighted by molar-refractivity contribution is 7.18. The number of hydrogen-bond acceptors (Lipinski definition) is 5. The summed E-state index contributed by atoms with van der Waals surface area (Å²) in [4.78, 5) is 28.8. The zero-order valence-corrected chi connectivity index (χ0v) is 14.3. The predicted molar refractivity (Wildman–Crippen MR) is 96.5 cm³/mol. The molecule has 1 atom stereocenters. The van der Waals surface area contributed by atoms with Crippen molar-refractivity contribution in [3.8, 4) is 6.07 Å². The number of aromatic nitrogens is 1. The van der Waals surface area contributed by atoms with Crippen LogP contribution in [-0.2, 0) is 4.79 Å². The molecule has 1 amide bonds. The van der Waals surface area contributed by atoms with E-state index in [-0.39, 0.29) is 18.2 Å². The molecule has 5 nitrogen and oxygen atoms in total. The molecule has 6 heteroatoms. The number of para-hydroxylation sites is 1. The maximum absolute atomic E-state index is 12.4. The molecule has 1 unspecified atom stereocenters. The van der Waals surface area contributed by atoms with Crippen LogP contribution in [0.25, 0.3) is 10.2 Å². The van der Waals surface area contributed by atoms with Gasteiger partial charge in [0.2, 0.25) is 0 Å². The fourth-order valence-electron chi connectivity index (χ4n) is 2.35. The summed E-state index contributed by atoms with van der Waals surface area (Å²) in [5.41, 5.74) is 2.29. The average molecular weight is 349 g/mol. The Kier molecular flexibility index (Phi) is 4.87. The highest BCUT2D eigenvalue weighted by Gasteiger charge is 2.24. The lowest BCUT2D eigenvalue weighted by Crippen LogP contribution is -2.32. The van der Waals surface area contributed by atoms with E-state index in [9.17, 15) is 14.9 Å². The lowest BCUT2D eigenvalue weighted by Gasteiger charge is -2.07. The second-order valence-electron chi connectivity index (χ2n) is 5.60. The van der Waals surface area contributed by atoms with Gasteiger partial charge in [-0.1, -0.05) is 29.8 Å². The number of aryl methyl sites for hydroxylation is 1. The van der Waals surface area contributed by atoms with E-state index in [2.05, 4.69) is 10.3 Å². The maximum Gasteiger partial charge on any atom is 0.251 e. The standard InChI is InChI=1S/C19H15N3O2S/c1-12-6-8-13(9-7-12)18(24)21-11-16(23)14(10-20)19-22-15-4-2-3-5-17(15)25-19/h2-9,14H,11H2,1H3,(H,21,24). The molecule has 0 saturated carbocycles. The summed E-state index contributed by atoms with van der Waals surface area (Å²) in [6, 6.07) is 16.5. The fraction of sp³-hybridized carbons (Fsp3) is 0.158. The third-order valence-electron chi connectivity index (χ3n) is 3.75. The molecule has 0 bridgehead atoms. The number of Topliss-reactive ketones (excluding diaryl/α,β-unsaturated/α-hetero) is 1. The van der Waals surface area contributed by atoms with Crippen molar-refractivity contribution in [2.75, 3.05) is 6.54 Å². The smallest absolute Gasteiger partial charge is 0.251 e. The minimum absolute atomic E-state index is 0.207. The van der Waals surface area contributed by atoms with Crippen molar-refractivity contribution in [3.63, 3.8) is 0 Å². The zero-order chi connectivity index (χ0) is 17.8. The van der Waals surface area contributed by atoms with Crippen LogP contribution in [0.2, 0.25) is 0 Å². The number of nitriles is 1. The first-order valence-corrected chi connectivity index (χ1v) is 8.53. The maximum atomic E-state index is 12.4. The molecule has 1 heterocycles. The number of nitrogens with one attached hydrogen (secondary N) is 1. The van der Waals surface area contributed by atoms with Crippen LogP contribution >= 0.6 is 11.3 Å². The largest absolute Gasteiger partial charge is 0.345 e. The minimum atomic E-state index is -0.976. The molecular formula is C19H15N3O2S. The molecule has 1 aromatic heterocycles. The van der Waals surface area contributed by atoms with Crippen LogP contribution < -0.4 is 5.32 Å². The van der Waals surface area contributed by atoms with E-state index in [0.29, 0.717) is 10.6 Å². The van der Waals surface area contributed by atoms with Crippen LogP contribution in [-0.4, -0.2) is 23.2 Å². The third kappa shape index (κ3) is 3.73. The predicted octanol–water partition coefficient (Wildman–Crippen LogP) is 3.21. The van der Waals surface area contributed by atoms with Crippen molar-refractivity contribution in [1.29, 1.82) is 5.26 Å². The van der Waals surface area contributed by atoms with E-state index in [1.165, 1.54) is 11.3 Å². The highest BCUT2D eigenvalue weighted by atomic mass is 32.1. The summed E-state index contributed by atoms with van der Waals surface area (Å²) in [6.45, 7) is 1.72. The summed E-state index contributed by atoms with van der Waals surface area (Å²) in [5, 5.41) is 12.4. The number of thiazole rings is 1. The van der Waals surface area contributed by atoms with Gasteiger partial charge in [0.15, 0.2) is 11.7 Å². The second-order valence-corrected chi connectivity index (χ2v) is 6.66. The Morgan fingerprint density at radius 2 is 1.92 bits per heavy atom. The van der Waals surface area contributed by atoms with Gasteiger partial charge in [0.25, 0.3) is 5.91 Å². The molecule has 2 aromatic carbocycles. The normalized spacial score (nSPS) is 11.7. The van der Waals surface area contributed by atoms with Gasteiger partial charge >= 0.3 is 0 Å². The van der Waals surface area contributed by atoms with Crippen LogP contribution in [0, 0.1) is 18.3 Å². The Balaban J connectivity index is 1.69. The monoisotopic (exact) mass is 349 g/mol. The number of nitrogens with zero attached hydrogens (tertiary/aromatic N) is 2. The Bertz CT molecular complexity index is 937. The van der Waals surface area contributed by atoms with Crippen LogP contribution in [0.1, 0.15) is 26.8 Å². The van der Waals surface area contributed by atoms with E-state index in [0.717, 1.165) is 15.8 Å². The minimum Gasteiger partial charge on any atom is -0.345 e. The zero-order valence-electron chi connectivity index (χ0n) is 13.5. The quantitative estimate of drug-likeness (QED) is 0.767. The van der Waals surface area contributed by atoms with Crippen molar-refractivity contribution >= 4 is 33.2 Å². The third-order valence-corrected chi connectivity index (χ3v) is 4.85. The van der Waals surface area contributed by atoms with Crippen LogP contribution in [0.5, 0.6) is 0 Å². The van der Waals surface area contributed by atoms with Gasteiger partial charge < -0.3 is 5.32 Å². The lowest BCUT2D eigenvalue weighted by atomic mass is 10.1. The van der Waals surface area contributed by atoms with E-state index in [4.69, 9.17) is 0 Å². The van der Waals surface area contributed by atoms with Gasteiger partial charge in [0.05, 0.1) is 22.8 Å². The molecule has 0 saturated heterocycles. The molecule has 0 fully saturated rings. The number of ketones is 1. The first-order valence-electron chi connectivity index (χ1n) is 7.71. The summed E-state index contributed by atoms with van der Waals surface area (Å²) < 4.78 is 0.925. The Labute approximate surface area is 148 Å². The van der Waals surface area contributed by atoms with Crippen molar-refractivity contribution < 1.29 is 9.59 Å². The van der Waals surface area contributed by atoms with Crippen molar-refractivity contribution in [1.82, 2.24) is 10.3 Å². The number of benzene rings is 2. The van der Waals surface area contributed by atoms with Crippen LogP contribution in [0.15, 0.2) is 48.5 Å². The number of fused-ring (bicyclic) bond motifs is 1. The molecule has 0 aliphatic heterocycles. The van der Waals surface area contributed by atoms with Crippen LogP contribution in [0.3, 0.4) is 0 Å². The SMILES string of the molecule is Cc1ccc(C(=O)NCC(=O)C(C#N)c2nc3ccccc3s2)cc1. The Hall–Kier alpha value is -3.04. The number of carbonyl (C=O) groups is 2. The Morgan fingerprint density at radius 1 is 1.20 bits per heavy atom. The molecular weight excluding hydrogens is 334 g/mol. The number of carbonyl (C=O) groups excluding carboxylic acids is 2. The topological polar surface area (TPSA) is 82.9 Å². The first-order chi connectivity index (χ1) is 12.1. The molecule has 1 N–H and O–H groups in total. The van der Waals surface area contributed by atoms with E-state index >= 15 is 0 Å². The molecule has 0 radical (unpaired) electrons. The van der Waals surface area contributed by atoms with Gasteiger partial charge in [-0.05, 0) is 31.2 Å². The van der Waals surface area contributed by atoms with Gasteiger partial charge in [-0.15, -0.1) is 11.3 Å². The number of amides is 1. The van der Waals surface area contributed by atoms with E-state index in [1.807, 2.05) is 49.4 Å². The highest BCUT2D eigenvalue weighted by Crippen LogP contribution is 2.27. The number of rotatable bonds is 5. The molecule has 124 valence electrons. The molecule has 0 aliphatic carbocycles. The van der Waals surface area contributed by atoms with Crippen molar-refractivity contribution in [2.24, 2.45) is 0 Å². The molecule has 3 aromatic rings. The first kappa shape index (κ1) is 16.8.